The van der Waals surface area contributed by atoms with Crippen LogP contribution >= 0.6 is 0 Å². The van der Waals surface area contributed by atoms with Gasteiger partial charge in [-0.3, -0.25) is 4.18 Å². The molecule has 6 heteroatoms. The summed E-state index contributed by atoms with van der Waals surface area (Å²) >= 11 is 0. The first kappa shape index (κ1) is 37.4. The standard InChI is InChI=1S/C28H56O4S.K/c1-3-5-7-9-11-13-15-16-18-20-22-24-26-28(27-32-33(29,30)31)25-23-21-19-17-14-12-10-8-6-4-2;/h24,26,28H,3-23,25,27H2,1-2H3,(H,29,30,31);/q;+1/p-1/b26-24+;. The predicted molar refractivity (Wildman–Crippen MR) is 141 cm³/mol. The zero-order valence-corrected chi connectivity index (χ0v) is 27.0. The SMILES string of the molecule is CCCCCCCCCCCC/C=C/C(CCCCCCCCCCCC)COS(=O)(=O)[O-].[K+]. The maximum atomic E-state index is 10.9. The van der Waals surface area contributed by atoms with Crippen LogP contribution in [0.1, 0.15) is 155 Å². The van der Waals surface area contributed by atoms with E-state index in [1.807, 2.05) is 0 Å². The van der Waals surface area contributed by atoms with Crippen LogP contribution in [-0.4, -0.2) is 19.6 Å². The molecule has 1 atom stereocenters. The molecule has 0 spiro atoms. The van der Waals surface area contributed by atoms with Gasteiger partial charge in [-0.1, -0.05) is 148 Å². The van der Waals surface area contributed by atoms with Crippen molar-refractivity contribution in [2.24, 2.45) is 5.92 Å². The van der Waals surface area contributed by atoms with E-state index in [1.165, 1.54) is 122 Å². The van der Waals surface area contributed by atoms with Crippen molar-refractivity contribution >= 4 is 10.4 Å². The average Bonchev–Trinajstić information content (AvgIpc) is 2.78. The Kier molecular flexibility index (Phi) is 31.7. The van der Waals surface area contributed by atoms with Gasteiger partial charge in [0.1, 0.15) is 0 Å². The molecular weight excluding hydrogens is 471 g/mol. The van der Waals surface area contributed by atoms with Crippen molar-refractivity contribution in [2.75, 3.05) is 6.61 Å². The Morgan fingerprint density at radius 2 is 1.03 bits per heavy atom. The molecule has 1 unspecified atom stereocenters. The van der Waals surface area contributed by atoms with Crippen LogP contribution in [0.25, 0.3) is 0 Å². The fourth-order valence-electron chi connectivity index (χ4n) is 4.34. The molecule has 0 saturated heterocycles. The number of rotatable bonds is 26. The molecular formula is C28H55KO4S. The molecule has 0 heterocycles. The largest absolute Gasteiger partial charge is 1.00 e. The smallest absolute Gasteiger partial charge is 0.726 e. The third-order valence-electron chi connectivity index (χ3n) is 6.49. The van der Waals surface area contributed by atoms with E-state index in [4.69, 9.17) is 0 Å². The van der Waals surface area contributed by atoms with Crippen LogP contribution in [0.15, 0.2) is 12.2 Å². The van der Waals surface area contributed by atoms with E-state index in [2.05, 4.69) is 30.2 Å². The minimum Gasteiger partial charge on any atom is -0.726 e. The maximum absolute atomic E-state index is 10.9. The minimum absolute atomic E-state index is 0. The molecule has 0 N–H and O–H groups in total. The van der Waals surface area contributed by atoms with Gasteiger partial charge in [0.05, 0.1) is 6.61 Å². The van der Waals surface area contributed by atoms with E-state index >= 15 is 0 Å². The van der Waals surface area contributed by atoms with Crippen LogP contribution < -0.4 is 51.4 Å². The molecule has 0 aliphatic heterocycles. The predicted octanol–water partition coefficient (Wildman–Crippen LogP) is 6.26. The quantitative estimate of drug-likeness (QED) is 0.0438. The number of unbranched alkanes of at least 4 members (excludes halogenated alkanes) is 19. The van der Waals surface area contributed by atoms with Crippen molar-refractivity contribution in [3.05, 3.63) is 12.2 Å². The fraction of sp³-hybridized carbons (Fsp3) is 0.929. The van der Waals surface area contributed by atoms with E-state index in [0.29, 0.717) is 0 Å². The normalized spacial score (nSPS) is 12.8. The molecule has 0 aromatic carbocycles. The van der Waals surface area contributed by atoms with Gasteiger partial charge >= 0.3 is 51.4 Å². The van der Waals surface area contributed by atoms with Gasteiger partial charge in [0.2, 0.25) is 10.4 Å². The maximum Gasteiger partial charge on any atom is 1.00 e. The molecule has 0 aromatic heterocycles. The molecule has 34 heavy (non-hydrogen) atoms. The van der Waals surface area contributed by atoms with Gasteiger partial charge in [0, 0.05) is 5.92 Å². The summed E-state index contributed by atoms with van der Waals surface area (Å²) in [7, 11) is -4.61. The van der Waals surface area contributed by atoms with Crippen LogP contribution in [0, 0.1) is 5.92 Å². The van der Waals surface area contributed by atoms with Crippen molar-refractivity contribution in [3.8, 4) is 0 Å². The van der Waals surface area contributed by atoms with Crippen LogP contribution in [0.5, 0.6) is 0 Å². The molecule has 0 saturated carbocycles. The minimum atomic E-state index is -4.61. The summed E-state index contributed by atoms with van der Waals surface area (Å²) in [5.74, 6) is 0.0193. The van der Waals surface area contributed by atoms with E-state index in [0.717, 1.165) is 19.3 Å². The van der Waals surface area contributed by atoms with Crippen molar-refractivity contribution in [2.45, 2.75) is 155 Å². The molecule has 0 rings (SSSR count). The van der Waals surface area contributed by atoms with Gasteiger partial charge in [-0.05, 0) is 19.3 Å². The third-order valence-corrected chi connectivity index (χ3v) is 6.91. The van der Waals surface area contributed by atoms with Crippen LogP contribution in [-0.2, 0) is 14.6 Å². The second-order valence-electron chi connectivity index (χ2n) is 9.82. The van der Waals surface area contributed by atoms with Crippen molar-refractivity contribution in [1.29, 1.82) is 0 Å². The van der Waals surface area contributed by atoms with Gasteiger partial charge in [0.25, 0.3) is 0 Å². The summed E-state index contributed by atoms with van der Waals surface area (Å²) in [6.45, 7) is 4.49. The van der Waals surface area contributed by atoms with Crippen LogP contribution in [0.3, 0.4) is 0 Å². The van der Waals surface area contributed by atoms with Gasteiger partial charge in [0.15, 0.2) is 0 Å². The van der Waals surface area contributed by atoms with Crippen molar-refractivity contribution in [1.82, 2.24) is 0 Å². The third kappa shape index (κ3) is 31.3. The number of hydrogen-bond donors (Lipinski definition) is 0. The van der Waals surface area contributed by atoms with E-state index in [-0.39, 0.29) is 63.9 Å². The van der Waals surface area contributed by atoms with Gasteiger partial charge in [-0.2, -0.15) is 0 Å². The first-order valence-electron chi connectivity index (χ1n) is 14.3. The van der Waals surface area contributed by atoms with Crippen LogP contribution in [0.2, 0.25) is 0 Å². The van der Waals surface area contributed by atoms with E-state index < -0.39 is 10.4 Å². The summed E-state index contributed by atoms with van der Waals surface area (Å²) in [4.78, 5) is 0. The first-order valence-corrected chi connectivity index (χ1v) is 15.6. The van der Waals surface area contributed by atoms with E-state index in [9.17, 15) is 13.0 Å². The van der Waals surface area contributed by atoms with Gasteiger partial charge in [-0.15, -0.1) is 0 Å². The summed E-state index contributed by atoms with van der Waals surface area (Å²) in [6.07, 6.45) is 32.2. The second-order valence-corrected chi connectivity index (χ2v) is 10.9. The van der Waals surface area contributed by atoms with Gasteiger partial charge in [-0.25, -0.2) is 8.42 Å². The van der Waals surface area contributed by atoms with Crippen LogP contribution in [0.4, 0.5) is 0 Å². The first-order chi connectivity index (χ1) is 16.0. The average molecular weight is 527 g/mol. The Labute approximate surface area is 256 Å². The Bertz CT molecular complexity index is 522. The Hall–Kier alpha value is 1.25. The zero-order chi connectivity index (χ0) is 24.5. The summed E-state index contributed by atoms with van der Waals surface area (Å²) in [5, 5.41) is 0. The molecule has 0 radical (unpaired) electrons. The Morgan fingerprint density at radius 1 is 0.647 bits per heavy atom. The zero-order valence-electron chi connectivity index (χ0n) is 23.0. The number of hydrogen-bond acceptors (Lipinski definition) is 4. The monoisotopic (exact) mass is 526 g/mol. The Balaban J connectivity index is 0. The molecule has 0 amide bonds. The molecule has 4 nitrogen and oxygen atoms in total. The Morgan fingerprint density at radius 3 is 1.44 bits per heavy atom. The molecule has 0 aromatic rings. The van der Waals surface area contributed by atoms with Crippen molar-refractivity contribution < 1.29 is 68.5 Å². The van der Waals surface area contributed by atoms with Crippen molar-refractivity contribution in [3.63, 3.8) is 0 Å². The van der Waals surface area contributed by atoms with Gasteiger partial charge < -0.3 is 4.55 Å². The molecule has 198 valence electrons. The summed E-state index contributed by atoms with van der Waals surface area (Å²) in [6, 6.07) is 0. The molecule has 0 aliphatic rings. The summed E-state index contributed by atoms with van der Waals surface area (Å²) < 4.78 is 37.1. The van der Waals surface area contributed by atoms with E-state index in [1.54, 1.807) is 0 Å². The molecule has 0 aliphatic carbocycles. The second kappa shape index (κ2) is 28.8. The fourth-order valence-corrected chi connectivity index (χ4v) is 4.68. The molecule has 0 fully saturated rings. The summed E-state index contributed by atoms with van der Waals surface area (Å²) in [5.41, 5.74) is 0. The topological polar surface area (TPSA) is 66.4 Å². The molecule has 0 bridgehead atoms. The number of allylic oxidation sites excluding steroid dienone is 1.